The molecular formula is C25H22Br2N4O5. The number of aromatic amines is 1. The minimum Gasteiger partial charge on any atom is -0.505 e. The third-order valence-corrected chi connectivity index (χ3v) is 7.40. The molecule has 2 aromatic carbocycles. The number of nitrogens with zero attached hydrogens (tertiary/aromatic N) is 3. The third-order valence-electron chi connectivity index (χ3n) is 6.14. The fourth-order valence-corrected chi connectivity index (χ4v) is 5.44. The molecule has 186 valence electrons. The molecule has 2 N–H and O–H groups in total. The van der Waals surface area contributed by atoms with E-state index >= 15 is 0 Å². The SMILES string of the molecule is COc1ccc2[nH]c(C(=O)N3CCN(C(=O)OCc4ccc5c(Br)cc(Br)c(O)c5n4)CC3)cc2c1. The molecule has 0 radical (unpaired) electrons. The van der Waals surface area contributed by atoms with Crippen LogP contribution in [0.25, 0.3) is 21.8 Å². The maximum atomic E-state index is 13.0. The molecule has 0 aliphatic carbocycles. The molecule has 1 fully saturated rings. The average molecular weight is 618 g/mol. The molecule has 1 aliphatic rings. The number of carbonyl (C=O) groups excluding carboxylic acids is 2. The molecule has 2 aromatic heterocycles. The Kier molecular flexibility index (Phi) is 6.76. The topological polar surface area (TPSA) is 108 Å². The maximum absolute atomic E-state index is 13.0. The molecule has 0 atom stereocenters. The van der Waals surface area contributed by atoms with Crippen molar-refractivity contribution in [1.82, 2.24) is 19.8 Å². The number of piperazine rings is 1. The maximum Gasteiger partial charge on any atom is 0.410 e. The van der Waals surface area contributed by atoms with Crippen molar-refractivity contribution in [3.05, 3.63) is 62.8 Å². The first-order valence-electron chi connectivity index (χ1n) is 11.2. The van der Waals surface area contributed by atoms with Gasteiger partial charge in [0.2, 0.25) is 0 Å². The van der Waals surface area contributed by atoms with Crippen LogP contribution in [0.5, 0.6) is 11.5 Å². The molecule has 11 heteroatoms. The van der Waals surface area contributed by atoms with Crippen molar-refractivity contribution in [2.24, 2.45) is 0 Å². The number of fused-ring (bicyclic) bond motifs is 2. The van der Waals surface area contributed by atoms with Gasteiger partial charge in [-0.15, -0.1) is 0 Å². The molecule has 1 saturated heterocycles. The van der Waals surface area contributed by atoms with Crippen LogP contribution in [0, 0.1) is 0 Å². The molecule has 3 heterocycles. The summed E-state index contributed by atoms with van der Waals surface area (Å²) in [6.07, 6.45) is -0.471. The Bertz CT molecular complexity index is 1480. The number of phenols is 1. The number of amides is 2. The van der Waals surface area contributed by atoms with Gasteiger partial charge in [-0.3, -0.25) is 4.79 Å². The summed E-state index contributed by atoms with van der Waals surface area (Å²) in [6, 6.07) is 12.7. The number of nitrogens with one attached hydrogen (secondary N) is 1. The van der Waals surface area contributed by atoms with Crippen molar-refractivity contribution in [3.63, 3.8) is 0 Å². The summed E-state index contributed by atoms with van der Waals surface area (Å²) in [6.45, 7) is 1.50. The number of pyridine rings is 1. The number of hydrogen-bond acceptors (Lipinski definition) is 6. The predicted molar refractivity (Wildman–Crippen MR) is 141 cm³/mol. The van der Waals surface area contributed by atoms with Gasteiger partial charge in [0, 0.05) is 46.9 Å². The Morgan fingerprint density at radius 3 is 2.53 bits per heavy atom. The first-order valence-corrected chi connectivity index (χ1v) is 12.8. The first-order chi connectivity index (χ1) is 17.3. The van der Waals surface area contributed by atoms with Gasteiger partial charge in [0.05, 0.1) is 17.3 Å². The van der Waals surface area contributed by atoms with E-state index in [4.69, 9.17) is 9.47 Å². The van der Waals surface area contributed by atoms with Crippen LogP contribution in [0.1, 0.15) is 16.2 Å². The zero-order chi connectivity index (χ0) is 25.4. The molecule has 9 nitrogen and oxygen atoms in total. The number of ether oxygens (including phenoxy) is 2. The zero-order valence-electron chi connectivity index (χ0n) is 19.3. The van der Waals surface area contributed by atoms with Gasteiger partial charge >= 0.3 is 6.09 Å². The minimum atomic E-state index is -0.471. The Morgan fingerprint density at radius 1 is 1.03 bits per heavy atom. The van der Waals surface area contributed by atoms with E-state index in [0.717, 1.165) is 26.5 Å². The van der Waals surface area contributed by atoms with Gasteiger partial charge in [-0.25, -0.2) is 9.78 Å². The number of benzene rings is 2. The fraction of sp³-hybridized carbons (Fsp3) is 0.240. The highest BCUT2D eigenvalue weighted by molar-refractivity contribution is 9.11. The van der Waals surface area contributed by atoms with Crippen LogP contribution >= 0.6 is 31.9 Å². The average Bonchev–Trinajstić information content (AvgIpc) is 3.33. The van der Waals surface area contributed by atoms with E-state index in [1.807, 2.05) is 30.3 Å². The number of aromatic hydroxyl groups is 1. The van der Waals surface area contributed by atoms with E-state index in [1.165, 1.54) is 0 Å². The van der Waals surface area contributed by atoms with E-state index in [2.05, 4.69) is 41.8 Å². The van der Waals surface area contributed by atoms with Crippen molar-refractivity contribution in [3.8, 4) is 11.5 Å². The van der Waals surface area contributed by atoms with Gasteiger partial charge in [0.15, 0.2) is 5.75 Å². The summed E-state index contributed by atoms with van der Waals surface area (Å²) in [5, 5.41) is 12.0. The van der Waals surface area contributed by atoms with Crippen LogP contribution in [0.3, 0.4) is 0 Å². The van der Waals surface area contributed by atoms with Crippen LogP contribution in [0.2, 0.25) is 0 Å². The lowest BCUT2D eigenvalue weighted by molar-refractivity contribution is 0.0538. The second-order valence-electron chi connectivity index (χ2n) is 8.36. The Labute approximate surface area is 223 Å². The molecule has 5 rings (SSSR count). The second kappa shape index (κ2) is 9.98. The Balaban J connectivity index is 1.18. The van der Waals surface area contributed by atoms with Crippen molar-refractivity contribution in [2.75, 3.05) is 33.3 Å². The van der Waals surface area contributed by atoms with Crippen LogP contribution in [0.4, 0.5) is 4.79 Å². The molecule has 2 amide bonds. The van der Waals surface area contributed by atoms with E-state index in [0.29, 0.717) is 47.6 Å². The number of methoxy groups -OCH3 is 1. The molecule has 1 aliphatic heterocycles. The molecule has 0 saturated carbocycles. The van der Waals surface area contributed by atoms with Gasteiger partial charge < -0.3 is 29.4 Å². The number of aromatic nitrogens is 2. The van der Waals surface area contributed by atoms with Crippen LogP contribution < -0.4 is 4.74 Å². The second-order valence-corrected chi connectivity index (χ2v) is 10.1. The highest BCUT2D eigenvalue weighted by Gasteiger charge is 2.26. The normalized spacial score (nSPS) is 13.9. The monoisotopic (exact) mass is 616 g/mol. The van der Waals surface area contributed by atoms with Gasteiger partial charge in [-0.2, -0.15) is 0 Å². The van der Waals surface area contributed by atoms with Crippen molar-refractivity contribution < 1.29 is 24.2 Å². The number of carbonyl (C=O) groups is 2. The summed E-state index contributed by atoms with van der Waals surface area (Å²) >= 11 is 6.76. The van der Waals surface area contributed by atoms with Gasteiger partial charge in [-0.05, 0) is 58.4 Å². The summed E-state index contributed by atoms with van der Waals surface area (Å²) in [5.74, 6) is 0.635. The quantitative estimate of drug-likeness (QED) is 0.332. The molecule has 0 spiro atoms. The number of phenolic OH excluding ortho intramolecular Hbond substituents is 1. The lowest BCUT2D eigenvalue weighted by Gasteiger charge is -2.33. The van der Waals surface area contributed by atoms with Crippen molar-refractivity contribution in [2.45, 2.75) is 6.61 Å². The number of hydrogen-bond donors (Lipinski definition) is 2. The fourth-order valence-electron chi connectivity index (χ4n) is 4.17. The standard InChI is InChI=1S/C25H22Br2N4O5/c1-35-16-3-5-20-14(10-16)11-21(29-20)24(33)30-6-8-31(9-7-30)25(34)36-13-15-2-4-17-18(26)12-19(27)23(32)22(17)28-15/h2-5,10-12,29,32H,6-9,13H2,1H3. The van der Waals surface area contributed by atoms with E-state index < -0.39 is 6.09 Å². The highest BCUT2D eigenvalue weighted by Crippen LogP contribution is 2.36. The summed E-state index contributed by atoms with van der Waals surface area (Å²) in [7, 11) is 1.60. The lowest BCUT2D eigenvalue weighted by Crippen LogP contribution is -2.50. The Morgan fingerprint density at radius 2 is 1.78 bits per heavy atom. The minimum absolute atomic E-state index is 0.0243. The van der Waals surface area contributed by atoms with Crippen LogP contribution in [-0.4, -0.2) is 70.2 Å². The van der Waals surface area contributed by atoms with Crippen molar-refractivity contribution in [1.29, 1.82) is 0 Å². The highest BCUT2D eigenvalue weighted by atomic mass is 79.9. The van der Waals surface area contributed by atoms with E-state index in [-0.39, 0.29) is 18.3 Å². The van der Waals surface area contributed by atoms with Gasteiger partial charge in [0.1, 0.15) is 23.6 Å². The molecule has 36 heavy (non-hydrogen) atoms. The lowest BCUT2D eigenvalue weighted by atomic mass is 10.2. The smallest absolute Gasteiger partial charge is 0.410 e. The summed E-state index contributed by atoms with van der Waals surface area (Å²) in [4.78, 5) is 36.5. The van der Waals surface area contributed by atoms with Gasteiger partial charge in [-0.1, -0.05) is 15.9 Å². The Hall–Kier alpha value is -3.31. The zero-order valence-corrected chi connectivity index (χ0v) is 22.4. The third kappa shape index (κ3) is 4.72. The molecule has 4 aromatic rings. The predicted octanol–water partition coefficient (Wildman–Crippen LogP) is 5.05. The van der Waals surface area contributed by atoms with Crippen LogP contribution in [-0.2, 0) is 11.3 Å². The van der Waals surface area contributed by atoms with Crippen LogP contribution in [0.15, 0.2) is 51.4 Å². The molecular weight excluding hydrogens is 596 g/mol. The first kappa shape index (κ1) is 24.4. The largest absolute Gasteiger partial charge is 0.505 e. The molecule has 0 unspecified atom stereocenters. The van der Waals surface area contributed by atoms with E-state index in [1.54, 1.807) is 29.0 Å². The number of rotatable bonds is 4. The van der Waals surface area contributed by atoms with Crippen molar-refractivity contribution >= 4 is 65.7 Å². The molecule has 0 bridgehead atoms. The summed E-state index contributed by atoms with van der Waals surface area (Å²) < 4.78 is 12.0. The summed E-state index contributed by atoms with van der Waals surface area (Å²) in [5.41, 5.74) is 2.28. The number of halogens is 2. The number of H-pyrrole nitrogens is 1. The van der Waals surface area contributed by atoms with E-state index in [9.17, 15) is 14.7 Å². The van der Waals surface area contributed by atoms with Gasteiger partial charge in [0.25, 0.3) is 5.91 Å².